The molecule has 0 radical (unpaired) electrons. The molecule has 0 saturated heterocycles. The number of carbonyl (C=O) groups excluding carboxylic acids is 3. The van der Waals surface area contributed by atoms with Gasteiger partial charge in [0.15, 0.2) is 0 Å². The highest BCUT2D eigenvalue weighted by Crippen LogP contribution is 2.38. The number of benzene rings is 1. The largest absolute Gasteiger partial charge is 0.465 e. The Balaban J connectivity index is 1.93. The van der Waals surface area contributed by atoms with Crippen LogP contribution in [0.4, 0.5) is 9.80 Å². The standard InChI is InChI=1S/C19H18BrClN2O5S/c1-3-28-19(26)23-7-6-11-14(9-23)29-17(15(11)18(25)27-2)22-16(24)12-8-10(20)4-5-13(12)21/h4-5,8H,3,6-7,9H2,1-2H3,(H,22,24). The van der Waals surface area contributed by atoms with E-state index in [0.29, 0.717) is 39.6 Å². The lowest BCUT2D eigenvalue weighted by molar-refractivity contribution is 0.0600. The number of methoxy groups -OCH3 is 1. The Labute approximate surface area is 185 Å². The number of halogens is 2. The van der Waals surface area contributed by atoms with Crippen LogP contribution < -0.4 is 5.32 Å². The van der Waals surface area contributed by atoms with Gasteiger partial charge in [0.25, 0.3) is 5.91 Å². The van der Waals surface area contributed by atoms with Crippen LogP contribution in [0, 0.1) is 0 Å². The molecule has 1 aromatic heterocycles. The molecule has 0 spiro atoms. The number of nitrogens with one attached hydrogen (secondary N) is 1. The van der Waals surface area contributed by atoms with E-state index in [2.05, 4.69) is 21.2 Å². The lowest BCUT2D eigenvalue weighted by atomic mass is 10.0. The van der Waals surface area contributed by atoms with E-state index in [-0.39, 0.29) is 12.2 Å². The molecule has 29 heavy (non-hydrogen) atoms. The molecule has 7 nitrogen and oxygen atoms in total. The quantitative estimate of drug-likeness (QED) is 0.613. The van der Waals surface area contributed by atoms with E-state index < -0.39 is 18.0 Å². The van der Waals surface area contributed by atoms with Crippen molar-refractivity contribution < 1.29 is 23.9 Å². The molecular weight excluding hydrogens is 484 g/mol. The first kappa shape index (κ1) is 21.6. The Kier molecular flexibility index (Phi) is 6.81. The third-order valence-corrected chi connectivity index (χ3v) is 6.33. The Morgan fingerprint density at radius 3 is 2.79 bits per heavy atom. The summed E-state index contributed by atoms with van der Waals surface area (Å²) >= 11 is 10.7. The molecule has 0 fully saturated rings. The average molecular weight is 502 g/mol. The number of esters is 1. The van der Waals surface area contributed by atoms with Crippen molar-refractivity contribution in [2.75, 3.05) is 25.6 Å². The summed E-state index contributed by atoms with van der Waals surface area (Å²) in [6.07, 6.45) is 0.0560. The molecule has 2 amide bonds. The Morgan fingerprint density at radius 1 is 1.34 bits per heavy atom. The van der Waals surface area contributed by atoms with Crippen LogP contribution in [-0.2, 0) is 22.4 Å². The van der Waals surface area contributed by atoms with Crippen LogP contribution in [0.25, 0.3) is 0 Å². The fourth-order valence-electron chi connectivity index (χ4n) is 3.02. The molecule has 1 aliphatic heterocycles. The van der Waals surface area contributed by atoms with Gasteiger partial charge in [-0.15, -0.1) is 11.3 Å². The highest BCUT2D eigenvalue weighted by molar-refractivity contribution is 9.10. The molecule has 2 heterocycles. The van der Waals surface area contributed by atoms with Gasteiger partial charge in [-0.3, -0.25) is 4.79 Å². The lowest BCUT2D eigenvalue weighted by Crippen LogP contribution is -2.36. The fourth-order valence-corrected chi connectivity index (χ4v) is 4.83. The summed E-state index contributed by atoms with van der Waals surface area (Å²) in [7, 11) is 1.29. The first-order valence-corrected chi connectivity index (χ1v) is 10.7. The number of anilines is 1. The molecule has 3 rings (SSSR count). The maximum absolute atomic E-state index is 12.8. The summed E-state index contributed by atoms with van der Waals surface area (Å²) < 4.78 is 10.7. The molecule has 0 bridgehead atoms. The van der Waals surface area contributed by atoms with Crippen molar-refractivity contribution in [1.82, 2.24) is 4.90 Å². The predicted molar refractivity (Wildman–Crippen MR) is 114 cm³/mol. The van der Waals surface area contributed by atoms with Crippen LogP contribution in [0.3, 0.4) is 0 Å². The van der Waals surface area contributed by atoms with Crippen molar-refractivity contribution in [2.45, 2.75) is 19.9 Å². The molecule has 2 aromatic rings. The first-order valence-electron chi connectivity index (χ1n) is 8.76. The topological polar surface area (TPSA) is 84.9 Å². The molecular formula is C19H18BrClN2O5S. The van der Waals surface area contributed by atoms with Crippen LogP contribution in [0.1, 0.15) is 38.1 Å². The van der Waals surface area contributed by atoms with Gasteiger partial charge in [0.1, 0.15) is 5.00 Å². The predicted octanol–water partition coefficient (Wildman–Crippen LogP) is 4.72. The molecule has 1 aliphatic rings. The Hall–Kier alpha value is -2.10. The number of nitrogens with zero attached hydrogens (tertiary/aromatic N) is 1. The fraction of sp³-hybridized carbons (Fsp3) is 0.316. The van der Waals surface area contributed by atoms with Crippen molar-refractivity contribution in [3.05, 3.63) is 49.3 Å². The maximum atomic E-state index is 12.8. The van der Waals surface area contributed by atoms with Gasteiger partial charge in [0.2, 0.25) is 0 Å². The van der Waals surface area contributed by atoms with Crippen molar-refractivity contribution in [3.8, 4) is 0 Å². The molecule has 10 heteroatoms. The second-order valence-electron chi connectivity index (χ2n) is 6.15. The van der Waals surface area contributed by atoms with Crippen LogP contribution in [0.15, 0.2) is 22.7 Å². The number of carbonyl (C=O) groups is 3. The number of thiophene rings is 1. The number of amides is 2. The monoisotopic (exact) mass is 500 g/mol. The second kappa shape index (κ2) is 9.15. The van der Waals surface area contributed by atoms with Gasteiger partial charge in [-0.1, -0.05) is 27.5 Å². The van der Waals surface area contributed by atoms with Gasteiger partial charge < -0.3 is 19.7 Å². The second-order valence-corrected chi connectivity index (χ2v) is 8.58. The molecule has 0 saturated carbocycles. The minimum absolute atomic E-state index is 0.274. The Morgan fingerprint density at radius 2 is 2.10 bits per heavy atom. The van der Waals surface area contributed by atoms with E-state index in [1.807, 2.05) is 0 Å². The third-order valence-electron chi connectivity index (χ3n) is 4.37. The van der Waals surface area contributed by atoms with Gasteiger partial charge in [0.05, 0.1) is 36.4 Å². The smallest absolute Gasteiger partial charge is 0.410 e. The summed E-state index contributed by atoms with van der Waals surface area (Å²) in [6.45, 7) is 2.75. The van der Waals surface area contributed by atoms with Gasteiger partial charge >= 0.3 is 12.1 Å². The highest BCUT2D eigenvalue weighted by Gasteiger charge is 2.31. The van der Waals surface area contributed by atoms with Crippen molar-refractivity contribution in [1.29, 1.82) is 0 Å². The third kappa shape index (κ3) is 4.57. The zero-order valence-corrected chi connectivity index (χ0v) is 18.9. The summed E-state index contributed by atoms with van der Waals surface area (Å²) in [4.78, 5) is 39.6. The highest BCUT2D eigenvalue weighted by atomic mass is 79.9. The van der Waals surface area contributed by atoms with E-state index in [9.17, 15) is 14.4 Å². The van der Waals surface area contributed by atoms with Gasteiger partial charge in [-0.05, 0) is 37.1 Å². The lowest BCUT2D eigenvalue weighted by Gasteiger charge is -2.26. The molecule has 154 valence electrons. The molecule has 0 unspecified atom stereocenters. The SMILES string of the molecule is CCOC(=O)N1CCc2c(sc(NC(=O)c3cc(Br)ccc3Cl)c2C(=O)OC)C1. The molecule has 1 aromatic carbocycles. The number of fused-ring (bicyclic) bond motifs is 1. The van der Waals surface area contributed by atoms with Crippen LogP contribution in [0.2, 0.25) is 5.02 Å². The maximum Gasteiger partial charge on any atom is 0.410 e. The zero-order valence-electron chi connectivity index (χ0n) is 15.7. The van der Waals surface area contributed by atoms with Gasteiger partial charge in [0, 0.05) is 15.9 Å². The van der Waals surface area contributed by atoms with E-state index in [1.54, 1.807) is 30.0 Å². The van der Waals surface area contributed by atoms with Crippen molar-refractivity contribution in [3.63, 3.8) is 0 Å². The first-order chi connectivity index (χ1) is 13.8. The minimum Gasteiger partial charge on any atom is -0.465 e. The van der Waals surface area contributed by atoms with Crippen molar-refractivity contribution in [2.24, 2.45) is 0 Å². The normalized spacial score (nSPS) is 12.9. The van der Waals surface area contributed by atoms with Crippen molar-refractivity contribution >= 4 is 61.8 Å². The minimum atomic E-state index is -0.539. The van der Waals surface area contributed by atoms with Crippen LogP contribution in [-0.4, -0.2) is 43.1 Å². The Bertz CT molecular complexity index is 978. The van der Waals surface area contributed by atoms with Crippen LogP contribution >= 0.6 is 38.9 Å². The summed E-state index contributed by atoms with van der Waals surface area (Å²) in [5, 5.41) is 3.44. The summed E-state index contributed by atoms with van der Waals surface area (Å²) in [5.41, 5.74) is 1.37. The average Bonchev–Trinajstić information content (AvgIpc) is 3.06. The summed E-state index contributed by atoms with van der Waals surface area (Å²) in [5.74, 6) is -0.981. The summed E-state index contributed by atoms with van der Waals surface area (Å²) in [6, 6.07) is 4.94. The van der Waals surface area contributed by atoms with Gasteiger partial charge in [-0.2, -0.15) is 0 Å². The van der Waals surface area contributed by atoms with Gasteiger partial charge in [-0.25, -0.2) is 9.59 Å². The van der Waals surface area contributed by atoms with E-state index in [0.717, 1.165) is 10.4 Å². The van der Waals surface area contributed by atoms with E-state index in [4.69, 9.17) is 21.1 Å². The number of hydrogen-bond acceptors (Lipinski definition) is 6. The molecule has 0 atom stereocenters. The van der Waals surface area contributed by atoms with Crippen LogP contribution in [0.5, 0.6) is 0 Å². The van der Waals surface area contributed by atoms with E-state index in [1.165, 1.54) is 18.4 Å². The molecule has 1 N–H and O–H groups in total. The zero-order chi connectivity index (χ0) is 21.1. The number of rotatable bonds is 4. The van der Waals surface area contributed by atoms with E-state index >= 15 is 0 Å². The number of hydrogen-bond donors (Lipinski definition) is 1. The molecule has 0 aliphatic carbocycles. The number of ether oxygens (including phenoxy) is 2.